The molecule has 0 saturated heterocycles. The van der Waals surface area contributed by atoms with Crippen LogP contribution in [-0.2, 0) is 0 Å². The van der Waals surface area contributed by atoms with E-state index in [-0.39, 0.29) is 11.9 Å². The highest BCUT2D eigenvalue weighted by Gasteiger charge is 2.14. The van der Waals surface area contributed by atoms with Crippen molar-refractivity contribution in [2.24, 2.45) is 0 Å². The number of rotatable bonds is 5. The van der Waals surface area contributed by atoms with E-state index in [1.807, 2.05) is 32.0 Å². The van der Waals surface area contributed by atoms with Crippen LogP contribution in [0, 0.1) is 12.7 Å². The molecule has 2 nitrogen and oxygen atoms in total. The molecular weight excluding hydrogens is 351 g/mol. The number of hydrogen-bond donors (Lipinski definition) is 1. The molecule has 5 heteroatoms. The number of nitrogens with zero attached hydrogens (tertiary/aromatic N) is 1. The average molecular weight is 369 g/mol. The third kappa shape index (κ3) is 4.28. The summed E-state index contributed by atoms with van der Waals surface area (Å²) in [6.45, 7) is 6.73. The van der Waals surface area contributed by atoms with Gasteiger partial charge in [0.2, 0.25) is 0 Å². The number of halogens is 2. The average Bonchev–Trinajstić information content (AvgIpc) is 2.45. The third-order valence-corrected chi connectivity index (χ3v) is 4.68. The van der Waals surface area contributed by atoms with Crippen LogP contribution in [0.25, 0.3) is 0 Å². The molecule has 0 aliphatic rings. The van der Waals surface area contributed by atoms with E-state index < -0.39 is 0 Å². The summed E-state index contributed by atoms with van der Waals surface area (Å²) in [6, 6.07) is 7.54. The fourth-order valence-electron chi connectivity index (χ4n) is 2.05. The number of hydrogen-bond acceptors (Lipinski definition) is 3. The summed E-state index contributed by atoms with van der Waals surface area (Å²) < 4.78 is 14.8. The Morgan fingerprint density at radius 1 is 1.38 bits per heavy atom. The summed E-state index contributed by atoms with van der Waals surface area (Å²) in [6.07, 6.45) is 1.77. The van der Waals surface area contributed by atoms with Crippen molar-refractivity contribution in [3.05, 3.63) is 51.9 Å². The van der Waals surface area contributed by atoms with E-state index in [4.69, 9.17) is 0 Å². The summed E-state index contributed by atoms with van der Waals surface area (Å²) in [5, 5.41) is 4.23. The van der Waals surface area contributed by atoms with Crippen LogP contribution >= 0.6 is 27.7 Å². The lowest BCUT2D eigenvalue weighted by Crippen LogP contribution is -2.18. The van der Waals surface area contributed by atoms with Gasteiger partial charge in [-0.05, 0) is 71.7 Å². The largest absolute Gasteiger partial charge is 0.310 e. The molecule has 0 bridgehead atoms. The van der Waals surface area contributed by atoms with Gasteiger partial charge in [0, 0.05) is 21.6 Å². The molecular formula is C16H18BrFN2S. The summed E-state index contributed by atoms with van der Waals surface area (Å²) in [5.74, 6) is -0.164. The Morgan fingerprint density at radius 2 is 2.14 bits per heavy atom. The van der Waals surface area contributed by atoms with Crippen molar-refractivity contribution in [3.63, 3.8) is 0 Å². The number of pyridine rings is 1. The smallest absolute Gasteiger partial charge is 0.126 e. The summed E-state index contributed by atoms with van der Waals surface area (Å²) in [5.41, 5.74) is 1.62. The maximum absolute atomic E-state index is 13.9. The van der Waals surface area contributed by atoms with Gasteiger partial charge >= 0.3 is 0 Å². The van der Waals surface area contributed by atoms with Crippen LogP contribution in [0.15, 0.2) is 44.9 Å². The molecule has 1 N–H and O–H groups in total. The number of benzene rings is 1. The molecule has 1 atom stereocenters. The first-order valence-corrected chi connectivity index (χ1v) is 8.45. The van der Waals surface area contributed by atoms with Gasteiger partial charge in [-0.25, -0.2) is 9.37 Å². The molecule has 0 fully saturated rings. The lowest BCUT2D eigenvalue weighted by molar-refractivity contribution is 0.571. The minimum absolute atomic E-state index is 0.100. The van der Waals surface area contributed by atoms with Crippen LogP contribution in [-0.4, -0.2) is 11.5 Å². The molecule has 2 aromatic rings. The van der Waals surface area contributed by atoms with Gasteiger partial charge in [-0.3, -0.25) is 0 Å². The highest BCUT2D eigenvalue weighted by atomic mass is 79.9. The second kappa shape index (κ2) is 7.38. The minimum Gasteiger partial charge on any atom is -0.310 e. The van der Waals surface area contributed by atoms with Crippen molar-refractivity contribution in [2.45, 2.75) is 36.7 Å². The predicted octanol–water partition coefficient (Wildman–Crippen LogP) is 5.11. The van der Waals surface area contributed by atoms with E-state index in [0.717, 1.165) is 26.5 Å². The highest BCUT2D eigenvalue weighted by Crippen LogP contribution is 2.34. The fourth-order valence-corrected chi connectivity index (χ4v) is 3.34. The van der Waals surface area contributed by atoms with E-state index in [2.05, 4.69) is 26.2 Å². The molecule has 1 aromatic carbocycles. The molecule has 0 aliphatic carbocycles. The number of aryl methyl sites for hydroxylation is 1. The van der Waals surface area contributed by atoms with Crippen molar-refractivity contribution < 1.29 is 4.39 Å². The van der Waals surface area contributed by atoms with E-state index >= 15 is 0 Å². The molecule has 0 aliphatic heterocycles. The van der Waals surface area contributed by atoms with Gasteiger partial charge in [-0.1, -0.05) is 18.7 Å². The highest BCUT2D eigenvalue weighted by molar-refractivity contribution is 9.10. The van der Waals surface area contributed by atoms with Gasteiger partial charge in [0.1, 0.15) is 10.8 Å². The first kappa shape index (κ1) is 16.5. The zero-order chi connectivity index (χ0) is 15.4. The molecule has 1 heterocycles. The summed E-state index contributed by atoms with van der Waals surface area (Å²) in [7, 11) is 0. The van der Waals surface area contributed by atoms with Gasteiger partial charge in [-0.15, -0.1) is 0 Å². The topological polar surface area (TPSA) is 24.9 Å². The monoisotopic (exact) mass is 368 g/mol. The van der Waals surface area contributed by atoms with Crippen LogP contribution in [0.1, 0.15) is 31.0 Å². The summed E-state index contributed by atoms with van der Waals surface area (Å²) in [4.78, 5) is 5.41. The van der Waals surface area contributed by atoms with E-state index in [1.165, 1.54) is 0 Å². The minimum atomic E-state index is -0.164. The molecule has 2 rings (SSSR count). The number of nitrogens with one attached hydrogen (secondary N) is 1. The van der Waals surface area contributed by atoms with E-state index in [1.54, 1.807) is 30.9 Å². The maximum atomic E-state index is 13.9. The summed E-state index contributed by atoms with van der Waals surface area (Å²) >= 11 is 4.94. The van der Waals surface area contributed by atoms with Crippen molar-refractivity contribution in [1.29, 1.82) is 0 Å². The fraction of sp³-hybridized carbons (Fsp3) is 0.312. The second-order valence-corrected chi connectivity index (χ2v) is 6.81. The van der Waals surface area contributed by atoms with Gasteiger partial charge < -0.3 is 5.32 Å². The normalized spacial score (nSPS) is 12.4. The number of aromatic nitrogens is 1. The quantitative estimate of drug-likeness (QED) is 0.793. The first-order chi connectivity index (χ1) is 10.0. The van der Waals surface area contributed by atoms with Crippen molar-refractivity contribution in [2.75, 3.05) is 6.54 Å². The molecule has 1 unspecified atom stereocenters. The Bertz CT molecular complexity index is 616. The van der Waals surface area contributed by atoms with Crippen molar-refractivity contribution in [3.8, 4) is 0 Å². The SMILES string of the molecule is CCNC(C)c1cc(F)c(C)cc1Sc1ccc(Br)cn1. The molecule has 0 radical (unpaired) electrons. The first-order valence-electron chi connectivity index (χ1n) is 6.84. The van der Waals surface area contributed by atoms with E-state index in [0.29, 0.717) is 5.56 Å². The lowest BCUT2D eigenvalue weighted by atomic mass is 10.1. The maximum Gasteiger partial charge on any atom is 0.126 e. The Hall–Kier alpha value is -0.910. The van der Waals surface area contributed by atoms with Gasteiger partial charge in [0.25, 0.3) is 0 Å². The molecule has 0 saturated carbocycles. The Kier molecular flexibility index (Phi) is 5.79. The molecule has 0 amide bonds. The molecule has 112 valence electrons. The zero-order valence-corrected chi connectivity index (χ0v) is 14.7. The molecule has 1 aromatic heterocycles. The predicted molar refractivity (Wildman–Crippen MR) is 89.3 cm³/mol. The molecule has 21 heavy (non-hydrogen) atoms. The Labute approximate surface area is 137 Å². The Balaban J connectivity index is 2.36. The van der Waals surface area contributed by atoms with Crippen LogP contribution in [0.2, 0.25) is 0 Å². The van der Waals surface area contributed by atoms with Gasteiger partial charge in [-0.2, -0.15) is 0 Å². The Morgan fingerprint density at radius 3 is 2.76 bits per heavy atom. The standard InChI is InChI=1S/C16H18BrFN2S/c1-4-19-11(3)13-8-14(18)10(2)7-15(13)21-16-6-5-12(17)9-20-16/h5-9,11,19H,4H2,1-3H3. The van der Waals surface area contributed by atoms with Crippen LogP contribution in [0.3, 0.4) is 0 Å². The third-order valence-electron chi connectivity index (χ3n) is 3.18. The van der Waals surface area contributed by atoms with Crippen LogP contribution < -0.4 is 5.32 Å². The van der Waals surface area contributed by atoms with Crippen molar-refractivity contribution in [1.82, 2.24) is 10.3 Å². The second-order valence-electron chi connectivity index (χ2n) is 4.84. The zero-order valence-electron chi connectivity index (χ0n) is 12.3. The van der Waals surface area contributed by atoms with Gasteiger partial charge in [0.05, 0.1) is 0 Å². The van der Waals surface area contributed by atoms with Crippen molar-refractivity contribution >= 4 is 27.7 Å². The van der Waals surface area contributed by atoms with Crippen LogP contribution in [0.4, 0.5) is 4.39 Å². The van der Waals surface area contributed by atoms with E-state index in [9.17, 15) is 4.39 Å². The van der Waals surface area contributed by atoms with Crippen LogP contribution in [0.5, 0.6) is 0 Å². The van der Waals surface area contributed by atoms with Gasteiger partial charge in [0.15, 0.2) is 0 Å². The molecule has 0 spiro atoms. The lowest BCUT2D eigenvalue weighted by Gasteiger charge is -2.18.